The molecule has 4 nitrogen and oxygen atoms in total. The van der Waals surface area contributed by atoms with Crippen molar-refractivity contribution >= 4 is 9.84 Å². The molecule has 0 aliphatic heterocycles. The Kier molecular flexibility index (Phi) is 8.82. The molecule has 0 aromatic heterocycles. The van der Waals surface area contributed by atoms with E-state index in [0.29, 0.717) is 13.0 Å². The van der Waals surface area contributed by atoms with Crippen LogP contribution >= 0.6 is 0 Å². The molecule has 0 fully saturated rings. The van der Waals surface area contributed by atoms with Crippen LogP contribution in [0.2, 0.25) is 0 Å². The van der Waals surface area contributed by atoms with Gasteiger partial charge >= 0.3 is 0 Å². The predicted octanol–water partition coefficient (Wildman–Crippen LogP) is 1.60. The monoisotopic (exact) mass is 265 g/mol. The average molecular weight is 265 g/mol. The molecule has 0 spiro atoms. The maximum Gasteiger partial charge on any atom is 0.147 e. The van der Waals surface area contributed by atoms with Gasteiger partial charge in [0.25, 0.3) is 0 Å². The molecule has 0 saturated carbocycles. The van der Waals surface area contributed by atoms with E-state index < -0.39 is 9.84 Å². The summed E-state index contributed by atoms with van der Waals surface area (Å²) in [6.45, 7) is 4.83. The maximum atomic E-state index is 11.1. The molecule has 0 saturated heterocycles. The fraction of sp³-hybridized carbons (Fsp3) is 1.00. The van der Waals surface area contributed by atoms with Gasteiger partial charge in [-0.15, -0.1) is 0 Å². The van der Waals surface area contributed by atoms with E-state index in [4.69, 9.17) is 4.74 Å². The summed E-state index contributed by atoms with van der Waals surface area (Å²) in [6.07, 6.45) is 5.10. The Morgan fingerprint density at radius 1 is 1.24 bits per heavy atom. The number of sulfone groups is 1. The van der Waals surface area contributed by atoms with Crippen molar-refractivity contribution in [1.82, 2.24) is 5.32 Å². The van der Waals surface area contributed by atoms with Crippen molar-refractivity contribution < 1.29 is 13.2 Å². The van der Waals surface area contributed by atoms with Crippen molar-refractivity contribution in [2.45, 2.75) is 51.7 Å². The highest BCUT2D eigenvalue weighted by molar-refractivity contribution is 7.90. The Labute approximate surface area is 106 Å². The van der Waals surface area contributed by atoms with E-state index in [1.807, 2.05) is 14.0 Å². The van der Waals surface area contributed by atoms with Crippen LogP contribution in [0.1, 0.15) is 39.5 Å². The van der Waals surface area contributed by atoms with E-state index in [1.54, 1.807) is 0 Å². The van der Waals surface area contributed by atoms with Crippen molar-refractivity contribution in [1.29, 1.82) is 0 Å². The highest BCUT2D eigenvalue weighted by atomic mass is 32.2. The molecule has 0 aromatic rings. The predicted molar refractivity (Wildman–Crippen MR) is 72.1 cm³/mol. The summed E-state index contributed by atoms with van der Waals surface area (Å²) >= 11 is 0. The van der Waals surface area contributed by atoms with Gasteiger partial charge < -0.3 is 10.1 Å². The Morgan fingerprint density at radius 3 is 2.29 bits per heavy atom. The lowest BCUT2D eigenvalue weighted by Gasteiger charge is -2.26. The minimum absolute atomic E-state index is 0.189. The second kappa shape index (κ2) is 8.89. The van der Waals surface area contributed by atoms with Crippen LogP contribution in [0.5, 0.6) is 0 Å². The number of nitrogens with one attached hydrogen (secondary N) is 1. The molecule has 5 heteroatoms. The lowest BCUT2D eigenvalue weighted by atomic mass is 10.0. The zero-order chi connectivity index (χ0) is 13.3. The Hall–Kier alpha value is -0.130. The molecule has 17 heavy (non-hydrogen) atoms. The van der Waals surface area contributed by atoms with Crippen molar-refractivity contribution in [3.05, 3.63) is 0 Å². The lowest BCUT2D eigenvalue weighted by Crippen LogP contribution is -2.39. The van der Waals surface area contributed by atoms with E-state index in [2.05, 4.69) is 12.2 Å². The molecule has 0 aromatic carbocycles. The first kappa shape index (κ1) is 16.9. The van der Waals surface area contributed by atoms with Crippen molar-refractivity contribution in [2.75, 3.05) is 25.7 Å². The molecule has 0 bridgehead atoms. The molecule has 2 atom stereocenters. The zero-order valence-corrected chi connectivity index (χ0v) is 12.3. The highest BCUT2D eigenvalue weighted by Crippen LogP contribution is 2.12. The minimum Gasteiger partial charge on any atom is -0.377 e. The number of ether oxygens (including phenoxy) is 1. The van der Waals surface area contributed by atoms with Crippen molar-refractivity contribution in [2.24, 2.45) is 0 Å². The van der Waals surface area contributed by atoms with Gasteiger partial charge in [0, 0.05) is 24.7 Å². The summed E-state index contributed by atoms with van der Waals surface area (Å²) in [5.41, 5.74) is 0. The standard InChI is InChI=1S/C12H27NO3S/c1-5-8-12(16-6-2)11(13-3)9-7-10-17(4,14)15/h11-13H,5-10H2,1-4H3. The van der Waals surface area contributed by atoms with Gasteiger partial charge in [0.15, 0.2) is 0 Å². The van der Waals surface area contributed by atoms with Crippen LogP contribution in [-0.4, -0.2) is 46.2 Å². The Balaban J connectivity index is 4.17. The smallest absolute Gasteiger partial charge is 0.147 e. The number of likely N-dealkylation sites (N-methyl/N-ethyl adjacent to an activating group) is 1. The van der Waals surface area contributed by atoms with E-state index in [1.165, 1.54) is 6.26 Å². The third-order valence-electron chi connectivity index (χ3n) is 2.80. The second-order valence-corrected chi connectivity index (χ2v) is 6.71. The van der Waals surface area contributed by atoms with Crippen LogP contribution in [0.4, 0.5) is 0 Å². The normalized spacial score (nSPS) is 15.8. The lowest BCUT2D eigenvalue weighted by molar-refractivity contribution is 0.0277. The highest BCUT2D eigenvalue weighted by Gasteiger charge is 2.19. The summed E-state index contributed by atoms with van der Waals surface area (Å²) in [5.74, 6) is 0.260. The van der Waals surface area contributed by atoms with Gasteiger partial charge in [0.1, 0.15) is 9.84 Å². The summed E-state index contributed by atoms with van der Waals surface area (Å²) in [5, 5.41) is 3.24. The molecule has 1 N–H and O–H groups in total. The fourth-order valence-electron chi connectivity index (χ4n) is 1.98. The molecule has 2 unspecified atom stereocenters. The first-order valence-corrected chi connectivity index (χ1v) is 8.47. The van der Waals surface area contributed by atoms with Crippen LogP contribution in [0.3, 0.4) is 0 Å². The van der Waals surface area contributed by atoms with Crippen molar-refractivity contribution in [3.8, 4) is 0 Å². The average Bonchev–Trinajstić information content (AvgIpc) is 2.23. The quantitative estimate of drug-likeness (QED) is 0.652. The van der Waals surface area contributed by atoms with Crippen LogP contribution < -0.4 is 5.32 Å². The first-order chi connectivity index (χ1) is 7.94. The topological polar surface area (TPSA) is 55.4 Å². The van der Waals surface area contributed by atoms with Gasteiger partial charge in [0.05, 0.1) is 6.10 Å². The van der Waals surface area contributed by atoms with E-state index >= 15 is 0 Å². The zero-order valence-electron chi connectivity index (χ0n) is 11.5. The van der Waals surface area contributed by atoms with Crippen LogP contribution in [-0.2, 0) is 14.6 Å². The Bertz CT molecular complexity index is 271. The van der Waals surface area contributed by atoms with Gasteiger partial charge in [-0.25, -0.2) is 8.42 Å². The van der Waals surface area contributed by atoms with Gasteiger partial charge in [-0.2, -0.15) is 0 Å². The van der Waals surface area contributed by atoms with E-state index in [0.717, 1.165) is 19.3 Å². The SMILES string of the molecule is CCCC(OCC)C(CCCS(C)(=O)=O)NC. The summed E-state index contributed by atoms with van der Waals surface area (Å²) in [6, 6.07) is 0.247. The second-order valence-electron chi connectivity index (χ2n) is 4.45. The summed E-state index contributed by atoms with van der Waals surface area (Å²) < 4.78 is 27.8. The van der Waals surface area contributed by atoms with Crippen molar-refractivity contribution in [3.63, 3.8) is 0 Å². The molecule has 0 aliphatic carbocycles. The van der Waals surface area contributed by atoms with Gasteiger partial charge in [-0.3, -0.25) is 0 Å². The molecule has 0 aliphatic rings. The number of hydrogen-bond acceptors (Lipinski definition) is 4. The van der Waals surface area contributed by atoms with Gasteiger partial charge in [0.2, 0.25) is 0 Å². The molecule has 0 radical (unpaired) electrons. The van der Waals surface area contributed by atoms with E-state index in [-0.39, 0.29) is 17.9 Å². The molecule has 0 heterocycles. The molecular formula is C12H27NO3S. The van der Waals surface area contributed by atoms with Crippen LogP contribution in [0.15, 0.2) is 0 Å². The number of rotatable bonds is 10. The fourth-order valence-corrected chi connectivity index (χ4v) is 2.67. The number of hydrogen-bond donors (Lipinski definition) is 1. The molecule has 0 amide bonds. The van der Waals surface area contributed by atoms with Crippen LogP contribution in [0, 0.1) is 0 Å². The van der Waals surface area contributed by atoms with Crippen LogP contribution in [0.25, 0.3) is 0 Å². The first-order valence-electron chi connectivity index (χ1n) is 6.41. The molecule has 0 rings (SSSR count). The van der Waals surface area contributed by atoms with E-state index in [9.17, 15) is 8.42 Å². The third-order valence-corrected chi connectivity index (χ3v) is 3.83. The summed E-state index contributed by atoms with van der Waals surface area (Å²) in [7, 11) is -0.937. The Morgan fingerprint density at radius 2 is 1.88 bits per heavy atom. The summed E-state index contributed by atoms with van der Waals surface area (Å²) in [4.78, 5) is 0. The van der Waals surface area contributed by atoms with Gasteiger partial charge in [-0.05, 0) is 33.2 Å². The minimum atomic E-state index is -2.85. The van der Waals surface area contributed by atoms with Gasteiger partial charge in [-0.1, -0.05) is 13.3 Å². The maximum absolute atomic E-state index is 11.1. The molecular weight excluding hydrogens is 238 g/mol. The third kappa shape index (κ3) is 8.57. The molecule has 104 valence electrons. The largest absolute Gasteiger partial charge is 0.377 e.